The van der Waals surface area contributed by atoms with E-state index in [1.54, 1.807) is 46.1 Å². The van der Waals surface area contributed by atoms with Crippen LogP contribution in [0.5, 0.6) is 5.75 Å². The van der Waals surface area contributed by atoms with E-state index in [0.29, 0.717) is 49.8 Å². The van der Waals surface area contributed by atoms with Gasteiger partial charge in [0.15, 0.2) is 11.6 Å². The van der Waals surface area contributed by atoms with Crippen LogP contribution in [0.3, 0.4) is 0 Å². The lowest BCUT2D eigenvalue weighted by Gasteiger charge is -2.08. The molecule has 1 atom stereocenters. The Bertz CT molecular complexity index is 1110. The average molecular weight is 449 g/mol. The first-order valence-electron chi connectivity index (χ1n) is 9.01. The molecule has 2 heterocycles. The number of thioether (sulfide) groups is 1. The van der Waals surface area contributed by atoms with Crippen LogP contribution < -0.4 is 4.74 Å². The van der Waals surface area contributed by atoms with E-state index in [0.717, 1.165) is 0 Å². The van der Waals surface area contributed by atoms with Gasteiger partial charge in [-0.15, -0.1) is 5.10 Å². The van der Waals surface area contributed by atoms with E-state index in [1.165, 1.54) is 18.9 Å². The van der Waals surface area contributed by atoms with Gasteiger partial charge in [-0.3, -0.25) is 9.89 Å². The fraction of sp³-hybridized carbons (Fsp3) is 0.300. The van der Waals surface area contributed by atoms with E-state index in [9.17, 15) is 9.59 Å². The summed E-state index contributed by atoms with van der Waals surface area (Å²) in [5, 5.41) is 7.50. The summed E-state index contributed by atoms with van der Waals surface area (Å²) in [6, 6.07) is 5.19. The van der Waals surface area contributed by atoms with Crippen LogP contribution in [0.15, 0.2) is 23.4 Å². The highest BCUT2D eigenvalue weighted by Gasteiger charge is 2.27. The molecule has 8 nitrogen and oxygen atoms in total. The maximum atomic E-state index is 13.0. The van der Waals surface area contributed by atoms with E-state index >= 15 is 0 Å². The van der Waals surface area contributed by atoms with Crippen LogP contribution in [0.4, 0.5) is 0 Å². The number of ketones is 1. The van der Waals surface area contributed by atoms with Crippen LogP contribution in [0.25, 0.3) is 11.4 Å². The van der Waals surface area contributed by atoms with Crippen molar-refractivity contribution in [3.63, 3.8) is 0 Å². The van der Waals surface area contributed by atoms with Gasteiger partial charge in [0.25, 0.3) is 0 Å². The molecule has 1 unspecified atom stereocenters. The van der Waals surface area contributed by atoms with Crippen LogP contribution in [-0.4, -0.2) is 51.4 Å². The molecule has 0 aliphatic heterocycles. The maximum Gasteiger partial charge on any atom is 0.339 e. The van der Waals surface area contributed by atoms with E-state index in [-0.39, 0.29) is 5.78 Å². The monoisotopic (exact) mass is 448 g/mol. The van der Waals surface area contributed by atoms with Crippen LogP contribution >= 0.6 is 23.4 Å². The number of aromatic nitrogens is 4. The highest BCUT2D eigenvalue weighted by molar-refractivity contribution is 8.00. The fourth-order valence-corrected chi connectivity index (χ4v) is 4.06. The van der Waals surface area contributed by atoms with Crippen molar-refractivity contribution in [1.82, 2.24) is 20.2 Å². The second-order valence-electron chi connectivity index (χ2n) is 6.55. The molecule has 3 aromatic rings. The molecule has 2 aromatic heterocycles. The zero-order valence-corrected chi connectivity index (χ0v) is 18.7. The number of benzene rings is 1. The van der Waals surface area contributed by atoms with E-state index in [2.05, 4.69) is 20.2 Å². The minimum absolute atomic E-state index is 0.164. The molecule has 1 aromatic carbocycles. The molecule has 158 valence electrons. The Morgan fingerprint density at radius 3 is 2.63 bits per heavy atom. The van der Waals surface area contributed by atoms with Crippen molar-refractivity contribution in [2.75, 3.05) is 14.2 Å². The Morgan fingerprint density at radius 1 is 1.23 bits per heavy atom. The second kappa shape index (κ2) is 8.93. The first kappa shape index (κ1) is 21.9. The summed E-state index contributed by atoms with van der Waals surface area (Å²) in [5.74, 6) is 0.442. The van der Waals surface area contributed by atoms with Gasteiger partial charge < -0.3 is 14.5 Å². The molecule has 0 saturated carbocycles. The summed E-state index contributed by atoms with van der Waals surface area (Å²) in [6.45, 7) is 5.21. The lowest BCUT2D eigenvalue weighted by molar-refractivity contribution is 0.0599. The van der Waals surface area contributed by atoms with Crippen LogP contribution in [0, 0.1) is 13.8 Å². The number of methoxy groups -OCH3 is 2. The second-order valence-corrected chi connectivity index (χ2v) is 8.30. The van der Waals surface area contributed by atoms with Crippen LogP contribution in [-0.2, 0) is 4.74 Å². The molecular weight excluding hydrogens is 428 g/mol. The smallest absolute Gasteiger partial charge is 0.339 e. The Kier molecular flexibility index (Phi) is 6.52. The SMILES string of the molecule is COC(=O)c1c(C)[nH]c(C(=O)C(C)Sc2n[nH]c(-c3cc(Cl)ccc3OC)n2)c1C. The van der Waals surface area contributed by atoms with Crippen molar-refractivity contribution in [2.24, 2.45) is 0 Å². The Labute approximate surface area is 182 Å². The molecule has 2 N–H and O–H groups in total. The van der Waals surface area contributed by atoms with E-state index < -0.39 is 11.2 Å². The lowest BCUT2D eigenvalue weighted by Crippen LogP contribution is -2.15. The number of aromatic amines is 2. The number of nitrogens with one attached hydrogen (secondary N) is 2. The van der Waals surface area contributed by atoms with Gasteiger partial charge in [0.2, 0.25) is 5.16 Å². The normalized spacial score (nSPS) is 11.9. The van der Waals surface area contributed by atoms with Crippen molar-refractivity contribution in [1.29, 1.82) is 0 Å². The predicted molar refractivity (Wildman–Crippen MR) is 115 cm³/mol. The number of H-pyrrole nitrogens is 2. The van der Waals surface area contributed by atoms with Crippen molar-refractivity contribution < 1.29 is 19.1 Å². The molecule has 10 heteroatoms. The van der Waals surface area contributed by atoms with Gasteiger partial charge in [-0.1, -0.05) is 23.4 Å². The number of hydrogen-bond acceptors (Lipinski definition) is 7. The average Bonchev–Trinajstić information content (AvgIpc) is 3.30. The molecule has 0 spiro atoms. The first-order valence-corrected chi connectivity index (χ1v) is 10.3. The van der Waals surface area contributed by atoms with Gasteiger partial charge >= 0.3 is 5.97 Å². The Balaban J connectivity index is 1.81. The summed E-state index contributed by atoms with van der Waals surface area (Å²) in [4.78, 5) is 32.4. The number of esters is 1. The minimum atomic E-state index is -0.489. The lowest BCUT2D eigenvalue weighted by atomic mass is 10.1. The molecule has 0 radical (unpaired) electrons. The van der Waals surface area contributed by atoms with Crippen molar-refractivity contribution in [2.45, 2.75) is 31.2 Å². The maximum absolute atomic E-state index is 13.0. The molecule has 0 aliphatic rings. The van der Waals surface area contributed by atoms with Crippen molar-refractivity contribution in [3.05, 3.63) is 45.7 Å². The summed E-state index contributed by atoms with van der Waals surface area (Å²) >= 11 is 7.29. The zero-order valence-electron chi connectivity index (χ0n) is 17.1. The number of hydrogen-bond donors (Lipinski definition) is 2. The summed E-state index contributed by atoms with van der Waals surface area (Å²) in [7, 11) is 2.87. The first-order chi connectivity index (χ1) is 14.3. The molecule has 0 fully saturated rings. The molecule has 0 bridgehead atoms. The quantitative estimate of drug-likeness (QED) is 0.316. The number of carbonyl (C=O) groups excluding carboxylic acids is 2. The van der Waals surface area contributed by atoms with Crippen molar-refractivity contribution >= 4 is 35.1 Å². The predicted octanol–water partition coefficient (Wildman–Crippen LogP) is 4.23. The summed E-state index contributed by atoms with van der Waals surface area (Å²) in [5.41, 5.74) is 2.58. The molecule has 0 amide bonds. The zero-order chi connectivity index (χ0) is 22.0. The number of ether oxygens (including phenoxy) is 2. The van der Waals surface area contributed by atoms with Gasteiger partial charge in [-0.25, -0.2) is 9.78 Å². The standard InChI is InChI=1S/C20H21ClN4O4S/c1-9-15(19(27)29-5)10(2)22-16(9)17(26)11(3)30-20-23-18(24-25-20)13-8-12(21)6-7-14(13)28-4/h6-8,11,22H,1-5H3,(H,23,24,25). The van der Waals surface area contributed by atoms with E-state index in [4.69, 9.17) is 21.1 Å². The molecular formula is C20H21ClN4O4S. The number of nitrogens with zero attached hydrogens (tertiary/aromatic N) is 2. The number of aryl methyl sites for hydroxylation is 1. The largest absolute Gasteiger partial charge is 0.496 e. The summed E-state index contributed by atoms with van der Waals surface area (Å²) in [6.07, 6.45) is 0. The topological polar surface area (TPSA) is 110 Å². The fourth-order valence-electron chi connectivity index (χ4n) is 3.10. The molecule has 30 heavy (non-hydrogen) atoms. The van der Waals surface area contributed by atoms with Crippen molar-refractivity contribution in [3.8, 4) is 17.1 Å². The van der Waals surface area contributed by atoms with Crippen LogP contribution in [0.1, 0.15) is 39.0 Å². The number of carbonyl (C=O) groups is 2. The highest BCUT2D eigenvalue weighted by Crippen LogP contribution is 2.32. The van der Waals surface area contributed by atoms with Gasteiger partial charge in [-0.2, -0.15) is 0 Å². The third-order valence-corrected chi connectivity index (χ3v) is 5.80. The molecule has 3 rings (SSSR count). The van der Waals surface area contributed by atoms with Gasteiger partial charge in [0, 0.05) is 10.7 Å². The third kappa shape index (κ3) is 4.22. The summed E-state index contributed by atoms with van der Waals surface area (Å²) < 4.78 is 10.1. The van der Waals surface area contributed by atoms with Gasteiger partial charge in [-0.05, 0) is 44.5 Å². The Morgan fingerprint density at radius 2 is 1.97 bits per heavy atom. The molecule has 0 saturated heterocycles. The van der Waals surface area contributed by atoms with E-state index in [1.807, 2.05) is 0 Å². The number of Topliss-reactive ketones (excluding diaryl/α,β-unsaturated/α-hetero) is 1. The molecule has 0 aliphatic carbocycles. The Hall–Kier alpha value is -2.78. The number of rotatable bonds is 7. The van der Waals surface area contributed by atoms with Gasteiger partial charge in [0.1, 0.15) is 5.75 Å². The van der Waals surface area contributed by atoms with Gasteiger partial charge in [0.05, 0.1) is 36.3 Å². The number of halogens is 1. The highest BCUT2D eigenvalue weighted by atomic mass is 35.5. The third-order valence-electron chi connectivity index (χ3n) is 4.61. The minimum Gasteiger partial charge on any atom is -0.496 e. The van der Waals surface area contributed by atoms with Crippen LogP contribution in [0.2, 0.25) is 5.02 Å².